The number of nitrogens with one attached hydrogen (secondary N) is 1. The molecule has 0 aromatic heterocycles. The highest BCUT2D eigenvalue weighted by Gasteiger charge is 2.17. The molecule has 0 unspecified atom stereocenters. The zero-order chi connectivity index (χ0) is 24.8. The van der Waals surface area contributed by atoms with Crippen LogP contribution in [-0.2, 0) is 11.4 Å². The number of carbonyl (C=O) groups excluding carboxylic acids is 1. The number of hydrogen-bond donors (Lipinski definition) is 1. The minimum atomic E-state index is -0.511. The molecule has 3 aromatic rings. The van der Waals surface area contributed by atoms with E-state index in [-0.39, 0.29) is 19.0 Å². The van der Waals surface area contributed by atoms with E-state index in [1.807, 2.05) is 37.3 Å². The van der Waals surface area contributed by atoms with Gasteiger partial charge in [-0.2, -0.15) is 5.26 Å². The van der Waals surface area contributed by atoms with Crippen LogP contribution < -0.4 is 24.3 Å². The van der Waals surface area contributed by atoms with Crippen LogP contribution in [0.15, 0.2) is 69.1 Å². The molecule has 1 amide bonds. The van der Waals surface area contributed by atoms with Crippen LogP contribution in [0.1, 0.15) is 18.1 Å². The van der Waals surface area contributed by atoms with E-state index in [0.29, 0.717) is 45.3 Å². The topological polar surface area (TPSA) is 89.8 Å². The lowest BCUT2D eigenvalue weighted by molar-refractivity contribution is -0.112. The first-order valence-corrected chi connectivity index (χ1v) is 12.2. The molecule has 7 nitrogen and oxygen atoms in total. The van der Waals surface area contributed by atoms with E-state index in [2.05, 4.69) is 37.2 Å². The molecular weight excluding hydrogens is 580 g/mol. The van der Waals surface area contributed by atoms with Crippen LogP contribution in [0.5, 0.6) is 23.0 Å². The fourth-order valence-electron chi connectivity index (χ4n) is 3.34. The highest BCUT2D eigenvalue weighted by Crippen LogP contribution is 2.39. The van der Waals surface area contributed by atoms with E-state index in [1.54, 1.807) is 30.3 Å². The van der Waals surface area contributed by atoms with Crippen molar-refractivity contribution in [1.82, 2.24) is 0 Å². The van der Waals surface area contributed by atoms with Gasteiger partial charge in [0.15, 0.2) is 23.0 Å². The number of carbonyl (C=O) groups is 1. The van der Waals surface area contributed by atoms with Crippen LogP contribution in [0.3, 0.4) is 0 Å². The van der Waals surface area contributed by atoms with Crippen molar-refractivity contribution < 1.29 is 23.7 Å². The number of anilines is 1. The number of ether oxygens (including phenoxy) is 4. The minimum Gasteiger partial charge on any atom is -0.490 e. The van der Waals surface area contributed by atoms with Crippen LogP contribution in [-0.4, -0.2) is 19.3 Å². The van der Waals surface area contributed by atoms with Crippen molar-refractivity contribution in [2.75, 3.05) is 18.7 Å². The van der Waals surface area contributed by atoms with Crippen LogP contribution in [0.4, 0.5) is 5.69 Å². The number of amides is 1. The standard InChI is InChI=1S/C26H20Br2N2O5/c1-2-32-24-11-17(8-18(13-29)26(31)30-20-5-3-4-19(27)12-20)9-21(28)25(24)33-14-16-6-7-22-23(10-16)35-15-34-22/h3-12H,2,14-15H2,1H3,(H,30,31)/b18-8-. The summed E-state index contributed by atoms with van der Waals surface area (Å²) in [5.41, 5.74) is 2.04. The maximum absolute atomic E-state index is 12.7. The fourth-order valence-corrected chi connectivity index (χ4v) is 4.31. The molecule has 3 aromatic carbocycles. The van der Waals surface area contributed by atoms with E-state index in [0.717, 1.165) is 10.0 Å². The summed E-state index contributed by atoms with van der Waals surface area (Å²) in [6, 6.07) is 18.2. The first kappa shape index (κ1) is 24.6. The summed E-state index contributed by atoms with van der Waals surface area (Å²) in [6.07, 6.45) is 1.50. The Bertz CT molecular complexity index is 1330. The smallest absolute Gasteiger partial charge is 0.266 e. The molecule has 1 aliphatic heterocycles. The van der Waals surface area contributed by atoms with Crippen molar-refractivity contribution in [3.8, 4) is 29.1 Å². The second-order valence-electron chi connectivity index (χ2n) is 7.37. The SMILES string of the molecule is CCOc1cc(/C=C(/C#N)C(=O)Nc2cccc(Br)c2)cc(Br)c1OCc1ccc2c(c1)OCO2. The zero-order valence-corrected chi connectivity index (χ0v) is 21.8. The van der Waals surface area contributed by atoms with Gasteiger partial charge in [-0.25, -0.2) is 0 Å². The molecule has 35 heavy (non-hydrogen) atoms. The maximum atomic E-state index is 12.7. The summed E-state index contributed by atoms with van der Waals surface area (Å²) in [5, 5.41) is 12.3. The van der Waals surface area contributed by atoms with Gasteiger partial charge < -0.3 is 24.3 Å². The van der Waals surface area contributed by atoms with Gasteiger partial charge in [0.25, 0.3) is 5.91 Å². The third-order valence-electron chi connectivity index (χ3n) is 4.91. The molecule has 0 aliphatic carbocycles. The van der Waals surface area contributed by atoms with Gasteiger partial charge in [0.2, 0.25) is 6.79 Å². The van der Waals surface area contributed by atoms with Gasteiger partial charge in [0.05, 0.1) is 11.1 Å². The molecule has 0 spiro atoms. The average Bonchev–Trinajstić information content (AvgIpc) is 3.30. The van der Waals surface area contributed by atoms with Crippen molar-refractivity contribution in [3.63, 3.8) is 0 Å². The van der Waals surface area contributed by atoms with Crippen LogP contribution >= 0.6 is 31.9 Å². The lowest BCUT2D eigenvalue weighted by Crippen LogP contribution is -2.13. The summed E-state index contributed by atoms with van der Waals surface area (Å²) >= 11 is 6.90. The Kier molecular flexibility index (Phi) is 7.95. The van der Waals surface area contributed by atoms with Gasteiger partial charge in [-0.3, -0.25) is 4.79 Å². The molecule has 178 valence electrons. The molecular formula is C26H20Br2N2O5. The fraction of sp³-hybridized carbons (Fsp3) is 0.154. The molecule has 0 atom stereocenters. The van der Waals surface area contributed by atoms with E-state index in [4.69, 9.17) is 18.9 Å². The van der Waals surface area contributed by atoms with Gasteiger partial charge in [0.1, 0.15) is 18.2 Å². The number of halogens is 2. The maximum Gasteiger partial charge on any atom is 0.266 e. The zero-order valence-electron chi connectivity index (χ0n) is 18.6. The van der Waals surface area contributed by atoms with Gasteiger partial charge in [0, 0.05) is 10.2 Å². The van der Waals surface area contributed by atoms with Gasteiger partial charge in [-0.05, 0) is 82.5 Å². The van der Waals surface area contributed by atoms with Crippen LogP contribution in [0.25, 0.3) is 6.08 Å². The molecule has 1 N–H and O–H groups in total. The van der Waals surface area contributed by atoms with E-state index in [1.165, 1.54) is 6.08 Å². The van der Waals surface area contributed by atoms with Crippen molar-refractivity contribution in [2.45, 2.75) is 13.5 Å². The molecule has 1 heterocycles. The normalized spacial score (nSPS) is 12.1. The summed E-state index contributed by atoms with van der Waals surface area (Å²) < 4.78 is 24.1. The Hall–Kier alpha value is -3.48. The minimum absolute atomic E-state index is 0.0478. The van der Waals surface area contributed by atoms with E-state index >= 15 is 0 Å². The number of fused-ring (bicyclic) bond motifs is 1. The number of benzene rings is 3. The monoisotopic (exact) mass is 598 g/mol. The van der Waals surface area contributed by atoms with E-state index < -0.39 is 5.91 Å². The number of nitriles is 1. The number of rotatable bonds is 8. The second kappa shape index (κ2) is 11.3. The largest absolute Gasteiger partial charge is 0.490 e. The first-order chi connectivity index (χ1) is 17.0. The third kappa shape index (κ3) is 6.15. The van der Waals surface area contributed by atoms with Crippen molar-refractivity contribution in [1.29, 1.82) is 5.26 Å². The summed E-state index contributed by atoms with van der Waals surface area (Å²) in [4.78, 5) is 12.7. The Morgan fingerprint density at radius 3 is 2.71 bits per heavy atom. The third-order valence-corrected chi connectivity index (χ3v) is 5.99. The Labute approximate surface area is 219 Å². The lowest BCUT2D eigenvalue weighted by Gasteiger charge is -2.15. The van der Waals surface area contributed by atoms with Crippen molar-refractivity contribution >= 4 is 49.5 Å². The molecule has 9 heteroatoms. The predicted octanol–water partition coefficient (Wildman–Crippen LogP) is 6.46. The summed E-state index contributed by atoms with van der Waals surface area (Å²) in [7, 11) is 0. The summed E-state index contributed by atoms with van der Waals surface area (Å²) in [6.45, 7) is 2.77. The Morgan fingerprint density at radius 2 is 1.94 bits per heavy atom. The molecule has 0 saturated heterocycles. The molecule has 0 radical (unpaired) electrons. The molecule has 1 aliphatic rings. The Morgan fingerprint density at radius 1 is 1.11 bits per heavy atom. The van der Waals surface area contributed by atoms with Gasteiger partial charge in [-0.15, -0.1) is 0 Å². The predicted molar refractivity (Wildman–Crippen MR) is 139 cm³/mol. The van der Waals surface area contributed by atoms with E-state index in [9.17, 15) is 10.1 Å². The lowest BCUT2D eigenvalue weighted by atomic mass is 10.1. The van der Waals surface area contributed by atoms with Crippen LogP contribution in [0.2, 0.25) is 0 Å². The van der Waals surface area contributed by atoms with Gasteiger partial charge in [-0.1, -0.05) is 28.1 Å². The van der Waals surface area contributed by atoms with Crippen molar-refractivity contribution in [2.24, 2.45) is 0 Å². The molecule has 0 saturated carbocycles. The van der Waals surface area contributed by atoms with Crippen molar-refractivity contribution in [3.05, 3.63) is 80.2 Å². The molecule has 4 rings (SSSR count). The molecule has 0 fully saturated rings. The highest BCUT2D eigenvalue weighted by molar-refractivity contribution is 9.10. The molecule has 0 bridgehead atoms. The Balaban J connectivity index is 1.54. The van der Waals surface area contributed by atoms with Gasteiger partial charge >= 0.3 is 0 Å². The quantitative estimate of drug-likeness (QED) is 0.236. The summed E-state index contributed by atoms with van der Waals surface area (Å²) in [5.74, 6) is 1.87. The highest BCUT2D eigenvalue weighted by atomic mass is 79.9. The average molecular weight is 600 g/mol. The van der Waals surface area contributed by atoms with Crippen LogP contribution in [0, 0.1) is 11.3 Å². The number of hydrogen-bond acceptors (Lipinski definition) is 6. The second-order valence-corrected chi connectivity index (χ2v) is 9.14. The number of nitrogens with zero attached hydrogens (tertiary/aromatic N) is 1. The first-order valence-electron chi connectivity index (χ1n) is 10.6.